The first-order valence-electron chi connectivity index (χ1n) is 4.27. The Hall–Kier alpha value is -0.580. The summed E-state index contributed by atoms with van der Waals surface area (Å²) in [5.41, 5.74) is 0. The third-order valence-electron chi connectivity index (χ3n) is 1.83. The zero-order valence-electron chi connectivity index (χ0n) is 8.69. The number of nitrogens with one attached hydrogen (secondary N) is 1. The minimum Gasteiger partial charge on any atom is -0.480 e. The SMILES string of the molecule is C=CCC(CNCC(=O)O)N(C)C.Cl. The van der Waals surface area contributed by atoms with Crippen molar-refractivity contribution in [2.45, 2.75) is 12.5 Å². The molecule has 0 aromatic heterocycles. The molecule has 0 aromatic rings. The molecule has 1 atom stereocenters. The van der Waals surface area contributed by atoms with E-state index in [1.54, 1.807) is 0 Å². The molecule has 0 aromatic carbocycles. The minimum absolute atomic E-state index is 0. The molecule has 0 spiro atoms. The van der Waals surface area contributed by atoms with Crippen LogP contribution in [0.1, 0.15) is 6.42 Å². The standard InChI is InChI=1S/C9H18N2O2.ClH/c1-4-5-8(11(2)3)6-10-7-9(12)13;/h4,8,10H,1,5-7H2,2-3H3,(H,12,13);1H. The van der Waals surface area contributed by atoms with Crippen LogP contribution in [0.4, 0.5) is 0 Å². The second-order valence-electron chi connectivity index (χ2n) is 3.17. The highest BCUT2D eigenvalue weighted by atomic mass is 35.5. The van der Waals surface area contributed by atoms with Crippen molar-refractivity contribution in [3.63, 3.8) is 0 Å². The van der Waals surface area contributed by atoms with E-state index in [-0.39, 0.29) is 19.0 Å². The fourth-order valence-corrected chi connectivity index (χ4v) is 1.01. The lowest BCUT2D eigenvalue weighted by molar-refractivity contribution is -0.136. The zero-order chi connectivity index (χ0) is 10.3. The molecule has 4 nitrogen and oxygen atoms in total. The number of likely N-dealkylation sites (N-methyl/N-ethyl adjacent to an activating group) is 1. The van der Waals surface area contributed by atoms with Gasteiger partial charge in [0.1, 0.15) is 0 Å². The van der Waals surface area contributed by atoms with Crippen LogP contribution < -0.4 is 5.32 Å². The van der Waals surface area contributed by atoms with Crippen LogP contribution >= 0.6 is 12.4 Å². The third-order valence-corrected chi connectivity index (χ3v) is 1.83. The number of carboxylic acid groups (broad SMARTS) is 1. The van der Waals surface area contributed by atoms with E-state index in [9.17, 15) is 4.79 Å². The Bertz CT molecular complexity index is 174. The first kappa shape index (κ1) is 15.9. The maximum atomic E-state index is 10.2. The minimum atomic E-state index is -0.823. The van der Waals surface area contributed by atoms with Gasteiger partial charge in [0.2, 0.25) is 0 Å². The molecule has 1 unspecified atom stereocenters. The van der Waals surface area contributed by atoms with Crippen LogP contribution in [0.3, 0.4) is 0 Å². The summed E-state index contributed by atoms with van der Waals surface area (Å²) in [6.45, 7) is 4.34. The first-order chi connectivity index (χ1) is 6.07. The third kappa shape index (κ3) is 8.04. The Morgan fingerprint density at radius 2 is 2.21 bits per heavy atom. The summed E-state index contributed by atoms with van der Waals surface area (Å²) in [5, 5.41) is 11.3. The summed E-state index contributed by atoms with van der Waals surface area (Å²) in [4.78, 5) is 12.3. The van der Waals surface area contributed by atoms with Gasteiger partial charge in [0.15, 0.2) is 0 Å². The Morgan fingerprint density at radius 3 is 2.57 bits per heavy atom. The van der Waals surface area contributed by atoms with Crippen molar-refractivity contribution in [2.75, 3.05) is 27.2 Å². The molecule has 0 amide bonds. The van der Waals surface area contributed by atoms with Crippen molar-refractivity contribution in [1.82, 2.24) is 10.2 Å². The van der Waals surface area contributed by atoms with Crippen molar-refractivity contribution in [2.24, 2.45) is 0 Å². The summed E-state index contributed by atoms with van der Waals surface area (Å²) in [6, 6.07) is 0.317. The number of carboxylic acids is 1. The lowest BCUT2D eigenvalue weighted by Gasteiger charge is -2.22. The van der Waals surface area contributed by atoms with Crippen LogP contribution in [0.5, 0.6) is 0 Å². The Kier molecular flexibility index (Phi) is 10.2. The van der Waals surface area contributed by atoms with E-state index in [4.69, 9.17) is 5.11 Å². The van der Waals surface area contributed by atoms with Crippen LogP contribution in [0.25, 0.3) is 0 Å². The number of hydrogen-bond donors (Lipinski definition) is 2. The molecule has 0 saturated carbocycles. The topological polar surface area (TPSA) is 52.6 Å². The molecule has 2 N–H and O–H groups in total. The molecular weight excluding hydrogens is 204 g/mol. The lowest BCUT2D eigenvalue weighted by Crippen LogP contribution is -2.39. The highest BCUT2D eigenvalue weighted by Crippen LogP contribution is 1.98. The summed E-state index contributed by atoms with van der Waals surface area (Å²) in [6.07, 6.45) is 2.70. The van der Waals surface area contributed by atoms with Gasteiger partial charge in [-0.1, -0.05) is 6.08 Å². The summed E-state index contributed by atoms with van der Waals surface area (Å²) in [7, 11) is 3.94. The smallest absolute Gasteiger partial charge is 0.317 e. The van der Waals surface area contributed by atoms with Crippen LogP contribution in [0, 0.1) is 0 Å². The van der Waals surface area contributed by atoms with Gasteiger partial charge in [0, 0.05) is 12.6 Å². The van der Waals surface area contributed by atoms with Crippen molar-refractivity contribution in [3.05, 3.63) is 12.7 Å². The molecule has 0 bridgehead atoms. The number of nitrogens with zero attached hydrogens (tertiary/aromatic N) is 1. The van der Waals surface area contributed by atoms with E-state index >= 15 is 0 Å². The number of hydrogen-bond acceptors (Lipinski definition) is 3. The molecule has 0 rings (SSSR count). The highest BCUT2D eigenvalue weighted by Gasteiger charge is 2.08. The highest BCUT2D eigenvalue weighted by molar-refractivity contribution is 5.85. The van der Waals surface area contributed by atoms with Crippen LogP contribution in [-0.4, -0.2) is 49.2 Å². The van der Waals surface area contributed by atoms with Gasteiger partial charge in [0.25, 0.3) is 0 Å². The fraction of sp³-hybridized carbons (Fsp3) is 0.667. The van der Waals surface area contributed by atoms with Crippen LogP contribution in [0.15, 0.2) is 12.7 Å². The molecule has 0 radical (unpaired) electrons. The zero-order valence-corrected chi connectivity index (χ0v) is 9.51. The molecule has 0 saturated heterocycles. The van der Waals surface area contributed by atoms with Gasteiger partial charge in [-0.2, -0.15) is 0 Å². The van der Waals surface area contributed by atoms with Gasteiger partial charge in [-0.15, -0.1) is 19.0 Å². The quantitative estimate of drug-likeness (QED) is 0.620. The van der Waals surface area contributed by atoms with E-state index in [0.29, 0.717) is 12.6 Å². The van der Waals surface area contributed by atoms with E-state index in [2.05, 4.69) is 16.8 Å². The number of aliphatic carboxylic acids is 1. The van der Waals surface area contributed by atoms with Gasteiger partial charge < -0.3 is 15.3 Å². The van der Waals surface area contributed by atoms with Gasteiger partial charge in [0.05, 0.1) is 6.54 Å². The Balaban J connectivity index is 0. The van der Waals surface area contributed by atoms with Gasteiger partial charge >= 0.3 is 5.97 Å². The Labute approximate surface area is 91.4 Å². The maximum absolute atomic E-state index is 10.2. The normalized spacial score (nSPS) is 11.9. The summed E-state index contributed by atoms with van der Waals surface area (Å²) in [5.74, 6) is -0.823. The summed E-state index contributed by atoms with van der Waals surface area (Å²) >= 11 is 0. The number of rotatable bonds is 7. The average Bonchev–Trinajstić information content (AvgIpc) is 2.02. The van der Waals surface area contributed by atoms with Gasteiger partial charge in [-0.25, -0.2) is 0 Å². The molecule has 5 heteroatoms. The monoisotopic (exact) mass is 222 g/mol. The second-order valence-corrected chi connectivity index (χ2v) is 3.17. The van der Waals surface area contributed by atoms with E-state index in [1.807, 2.05) is 20.2 Å². The average molecular weight is 223 g/mol. The molecule has 0 fully saturated rings. The van der Waals surface area contributed by atoms with Crippen molar-refractivity contribution in [1.29, 1.82) is 0 Å². The Morgan fingerprint density at radius 1 is 1.64 bits per heavy atom. The molecule has 84 valence electrons. The second kappa shape index (κ2) is 8.99. The molecular formula is C9H19ClN2O2. The largest absolute Gasteiger partial charge is 0.480 e. The number of carbonyl (C=O) groups is 1. The molecule has 0 aliphatic rings. The van der Waals surface area contributed by atoms with E-state index < -0.39 is 5.97 Å². The molecule has 0 heterocycles. The summed E-state index contributed by atoms with van der Waals surface area (Å²) < 4.78 is 0. The molecule has 0 aliphatic heterocycles. The van der Waals surface area contributed by atoms with E-state index in [0.717, 1.165) is 6.42 Å². The maximum Gasteiger partial charge on any atom is 0.317 e. The van der Waals surface area contributed by atoms with E-state index in [1.165, 1.54) is 0 Å². The lowest BCUT2D eigenvalue weighted by atomic mass is 10.2. The van der Waals surface area contributed by atoms with Gasteiger partial charge in [-0.05, 0) is 20.5 Å². The van der Waals surface area contributed by atoms with Crippen LogP contribution in [0.2, 0.25) is 0 Å². The van der Waals surface area contributed by atoms with Crippen LogP contribution in [-0.2, 0) is 4.79 Å². The fourth-order valence-electron chi connectivity index (χ4n) is 1.01. The predicted molar refractivity (Wildman–Crippen MR) is 60.0 cm³/mol. The molecule has 0 aliphatic carbocycles. The molecule has 14 heavy (non-hydrogen) atoms. The van der Waals surface area contributed by atoms with Crippen molar-refractivity contribution < 1.29 is 9.90 Å². The first-order valence-corrected chi connectivity index (χ1v) is 4.27. The van der Waals surface area contributed by atoms with Gasteiger partial charge in [-0.3, -0.25) is 4.79 Å². The number of halogens is 1. The van der Waals surface area contributed by atoms with Crippen molar-refractivity contribution in [3.8, 4) is 0 Å². The van der Waals surface area contributed by atoms with Crippen molar-refractivity contribution >= 4 is 18.4 Å². The predicted octanol–water partition coefficient (Wildman–Crippen LogP) is 0.589.